The Bertz CT molecular complexity index is 951. The minimum Gasteiger partial charge on any atom is -0.491 e. The second-order valence-electron chi connectivity index (χ2n) is 5.90. The molecule has 6 heteroatoms. The van der Waals surface area contributed by atoms with E-state index in [1.54, 1.807) is 12.1 Å². The summed E-state index contributed by atoms with van der Waals surface area (Å²) in [5, 5.41) is 3.46. The molecule has 0 bridgehead atoms. The number of rotatable bonds is 3. The molecule has 1 atom stereocenters. The smallest absolute Gasteiger partial charge is 0.273 e. The average molecular weight is 355 g/mol. The number of ether oxygens (including phenoxy) is 1. The van der Waals surface area contributed by atoms with Crippen molar-refractivity contribution in [3.05, 3.63) is 70.6 Å². The van der Waals surface area contributed by atoms with Crippen molar-refractivity contribution in [2.75, 3.05) is 6.61 Å². The van der Waals surface area contributed by atoms with Gasteiger partial charge in [-0.25, -0.2) is 4.98 Å². The minimum atomic E-state index is -0.315. The van der Waals surface area contributed by atoms with Gasteiger partial charge in [-0.05, 0) is 25.1 Å². The number of oxazole rings is 1. The molecule has 0 saturated carbocycles. The summed E-state index contributed by atoms with van der Waals surface area (Å²) in [5.74, 6) is 0.799. The highest BCUT2D eigenvalue weighted by molar-refractivity contribution is 6.33. The summed E-state index contributed by atoms with van der Waals surface area (Å²) in [7, 11) is 0. The largest absolute Gasteiger partial charge is 0.491 e. The van der Waals surface area contributed by atoms with E-state index in [9.17, 15) is 4.79 Å². The van der Waals surface area contributed by atoms with Crippen LogP contribution in [0.3, 0.4) is 0 Å². The second kappa shape index (κ2) is 6.26. The summed E-state index contributed by atoms with van der Waals surface area (Å²) in [6.07, 6.45) is 1.33. The van der Waals surface area contributed by atoms with Crippen LogP contribution in [0.1, 0.15) is 27.7 Å². The number of benzene rings is 2. The molecule has 1 N–H and O–H groups in total. The first-order valence-corrected chi connectivity index (χ1v) is 8.24. The van der Waals surface area contributed by atoms with E-state index in [-0.39, 0.29) is 17.6 Å². The number of carbonyl (C=O) groups excluding carboxylic acids is 1. The highest BCUT2D eigenvalue weighted by Gasteiger charge is 2.27. The lowest BCUT2D eigenvalue weighted by molar-refractivity contribution is 0.0925. The van der Waals surface area contributed by atoms with Crippen LogP contribution in [0, 0.1) is 6.92 Å². The van der Waals surface area contributed by atoms with Crippen LogP contribution < -0.4 is 10.1 Å². The van der Waals surface area contributed by atoms with E-state index < -0.39 is 0 Å². The number of fused-ring (bicyclic) bond motifs is 1. The minimum absolute atomic E-state index is 0.205. The number of nitrogens with one attached hydrogen (secondary N) is 1. The number of halogens is 1. The molecule has 0 fully saturated rings. The molecule has 1 aliphatic heterocycles. The van der Waals surface area contributed by atoms with Crippen molar-refractivity contribution in [2.45, 2.75) is 13.0 Å². The fourth-order valence-corrected chi connectivity index (χ4v) is 3.04. The van der Waals surface area contributed by atoms with E-state index in [4.69, 9.17) is 20.8 Å². The van der Waals surface area contributed by atoms with E-state index in [1.807, 2.05) is 37.3 Å². The van der Waals surface area contributed by atoms with Crippen LogP contribution in [0.2, 0.25) is 5.02 Å². The zero-order valence-electron chi connectivity index (χ0n) is 13.5. The van der Waals surface area contributed by atoms with Gasteiger partial charge in [0, 0.05) is 5.56 Å². The molecule has 0 spiro atoms. The highest BCUT2D eigenvalue weighted by Crippen LogP contribution is 2.33. The molecule has 0 aliphatic carbocycles. The summed E-state index contributed by atoms with van der Waals surface area (Å²) in [6, 6.07) is 12.9. The van der Waals surface area contributed by atoms with Crippen molar-refractivity contribution >= 4 is 17.5 Å². The van der Waals surface area contributed by atoms with E-state index in [1.165, 1.54) is 6.26 Å². The molecule has 1 aliphatic rings. The van der Waals surface area contributed by atoms with Crippen LogP contribution in [0.5, 0.6) is 5.75 Å². The molecule has 0 saturated heterocycles. The highest BCUT2D eigenvalue weighted by atomic mass is 35.5. The van der Waals surface area contributed by atoms with Crippen LogP contribution in [0.15, 0.2) is 53.1 Å². The third-order valence-corrected chi connectivity index (χ3v) is 4.42. The molecule has 126 valence electrons. The van der Waals surface area contributed by atoms with Crippen LogP contribution in [0.4, 0.5) is 0 Å². The first-order chi connectivity index (χ1) is 12.1. The maximum atomic E-state index is 12.5. The van der Waals surface area contributed by atoms with Crippen molar-refractivity contribution in [2.24, 2.45) is 0 Å². The van der Waals surface area contributed by atoms with E-state index in [0.29, 0.717) is 23.1 Å². The number of aromatic nitrogens is 1. The first-order valence-electron chi connectivity index (χ1n) is 7.86. The second-order valence-corrected chi connectivity index (χ2v) is 6.30. The number of amides is 1. The Labute approximate surface area is 149 Å². The van der Waals surface area contributed by atoms with Crippen molar-refractivity contribution in [3.8, 4) is 17.2 Å². The number of hydrogen-bond donors (Lipinski definition) is 1. The summed E-state index contributed by atoms with van der Waals surface area (Å²) < 4.78 is 11.0. The van der Waals surface area contributed by atoms with Crippen molar-refractivity contribution in [1.82, 2.24) is 10.3 Å². The fraction of sp³-hybridized carbons (Fsp3) is 0.158. The number of hydrogen-bond acceptors (Lipinski definition) is 4. The molecule has 4 rings (SSSR count). The molecule has 1 unspecified atom stereocenters. The number of aryl methyl sites for hydroxylation is 1. The molecule has 2 heterocycles. The van der Waals surface area contributed by atoms with E-state index >= 15 is 0 Å². The lowest BCUT2D eigenvalue weighted by Gasteiger charge is -2.10. The Morgan fingerprint density at radius 2 is 2.12 bits per heavy atom. The van der Waals surface area contributed by atoms with Crippen LogP contribution in [-0.2, 0) is 0 Å². The van der Waals surface area contributed by atoms with Gasteiger partial charge < -0.3 is 14.5 Å². The normalized spacial score (nSPS) is 15.5. The fourth-order valence-electron chi connectivity index (χ4n) is 2.82. The zero-order chi connectivity index (χ0) is 17.4. The Morgan fingerprint density at radius 1 is 1.28 bits per heavy atom. The lowest BCUT2D eigenvalue weighted by atomic mass is 10.1. The van der Waals surface area contributed by atoms with Crippen molar-refractivity contribution in [3.63, 3.8) is 0 Å². The van der Waals surface area contributed by atoms with Gasteiger partial charge in [-0.15, -0.1) is 0 Å². The maximum absolute atomic E-state index is 12.5. The topological polar surface area (TPSA) is 64.4 Å². The van der Waals surface area contributed by atoms with Gasteiger partial charge in [-0.1, -0.05) is 41.4 Å². The van der Waals surface area contributed by atoms with Gasteiger partial charge in [0.25, 0.3) is 5.91 Å². The Balaban J connectivity index is 1.54. The quantitative estimate of drug-likeness (QED) is 0.766. The van der Waals surface area contributed by atoms with E-state index in [2.05, 4.69) is 10.3 Å². The molecule has 0 radical (unpaired) electrons. The van der Waals surface area contributed by atoms with Crippen LogP contribution in [-0.4, -0.2) is 17.5 Å². The molecular formula is C19H15ClN2O3. The predicted octanol–water partition coefficient (Wildman–Crippen LogP) is 4.17. The van der Waals surface area contributed by atoms with Crippen LogP contribution >= 0.6 is 11.6 Å². The third-order valence-electron chi connectivity index (χ3n) is 4.09. The van der Waals surface area contributed by atoms with Gasteiger partial charge >= 0.3 is 0 Å². The molecule has 5 nitrogen and oxygen atoms in total. The predicted molar refractivity (Wildman–Crippen MR) is 93.8 cm³/mol. The number of carbonyl (C=O) groups is 1. The molecule has 3 aromatic rings. The SMILES string of the molecule is Cc1ccc2c(c1)C(NC(=O)c1coc(-c3ccccc3Cl)n1)CO2. The van der Waals surface area contributed by atoms with Crippen molar-refractivity contribution in [1.29, 1.82) is 0 Å². The summed E-state index contributed by atoms with van der Waals surface area (Å²) >= 11 is 6.14. The summed E-state index contributed by atoms with van der Waals surface area (Å²) in [5.41, 5.74) is 2.94. The van der Waals surface area contributed by atoms with Gasteiger partial charge in [0.05, 0.1) is 16.6 Å². The average Bonchev–Trinajstić information content (AvgIpc) is 3.23. The van der Waals surface area contributed by atoms with Gasteiger partial charge in [0.2, 0.25) is 5.89 Å². The van der Waals surface area contributed by atoms with Gasteiger partial charge in [-0.2, -0.15) is 0 Å². The standard InChI is InChI=1S/C19H15ClN2O3/c1-11-6-7-17-13(8-11)15(9-24-17)21-18(23)16-10-25-19(22-16)12-4-2-3-5-14(12)20/h2-8,10,15H,9H2,1H3,(H,21,23). The molecular weight excluding hydrogens is 340 g/mol. The Hall–Kier alpha value is -2.79. The van der Waals surface area contributed by atoms with Gasteiger partial charge in [-0.3, -0.25) is 4.79 Å². The lowest BCUT2D eigenvalue weighted by Crippen LogP contribution is -2.29. The number of nitrogens with zero attached hydrogens (tertiary/aromatic N) is 1. The van der Waals surface area contributed by atoms with Crippen LogP contribution in [0.25, 0.3) is 11.5 Å². The van der Waals surface area contributed by atoms with Crippen molar-refractivity contribution < 1.29 is 13.9 Å². The van der Waals surface area contributed by atoms with E-state index in [0.717, 1.165) is 16.9 Å². The third kappa shape index (κ3) is 2.98. The monoisotopic (exact) mass is 354 g/mol. The zero-order valence-corrected chi connectivity index (χ0v) is 14.2. The Morgan fingerprint density at radius 3 is 2.96 bits per heavy atom. The first kappa shape index (κ1) is 15.7. The Kier molecular flexibility index (Phi) is 3.93. The molecule has 1 amide bonds. The summed E-state index contributed by atoms with van der Waals surface area (Å²) in [4.78, 5) is 16.8. The molecule has 2 aromatic carbocycles. The maximum Gasteiger partial charge on any atom is 0.273 e. The molecule has 25 heavy (non-hydrogen) atoms. The van der Waals surface area contributed by atoms with Gasteiger partial charge in [0.15, 0.2) is 5.69 Å². The summed E-state index contributed by atoms with van der Waals surface area (Å²) in [6.45, 7) is 2.41. The molecule has 1 aromatic heterocycles. The van der Waals surface area contributed by atoms with Gasteiger partial charge in [0.1, 0.15) is 18.6 Å².